The molecule has 0 saturated carbocycles. The van der Waals surface area contributed by atoms with Crippen LogP contribution in [0.5, 0.6) is 0 Å². The van der Waals surface area contributed by atoms with E-state index in [2.05, 4.69) is 20.9 Å². The molecule has 0 atom stereocenters. The summed E-state index contributed by atoms with van der Waals surface area (Å²) in [5.74, 6) is 0. The van der Waals surface area contributed by atoms with E-state index in [0.717, 1.165) is 10.2 Å². The molecule has 0 aliphatic heterocycles. The summed E-state index contributed by atoms with van der Waals surface area (Å²) in [6.07, 6.45) is 2.06. The molecule has 0 aromatic carbocycles. The largest absolute Gasteiger partial charge is 0.261 e. The van der Waals surface area contributed by atoms with Crippen molar-refractivity contribution in [3.63, 3.8) is 0 Å². The van der Waals surface area contributed by atoms with E-state index in [1.807, 2.05) is 12.1 Å². The minimum atomic E-state index is -0.344. The van der Waals surface area contributed by atoms with Crippen molar-refractivity contribution in [3.8, 4) is 0 Å². The van der Waals surface area contributed by atoms with Crippen LogP contribution < -0.4 is 0 Å². The van der Waals surface area contributed by atoms with Crippen LogP contribution in [0.25, 0.3) is 0 Å². The molecule has 1 rings (SSSR count). The van der Waals surface area contributed by atoms with Gasteiger partial charge in [-0.3, -0.25) is 9.37 Å². The van der Waals surface area contributed by atoms with E-state index >= 15 is 0 Å². The van der Waals surface area contributed by atoms with Gasteiger partial charge in [0.15, 0.2) is 0 Å². The van der Waals surface area contributed by atoms with E-state index in [4.69, 9.17) is 0 Å². The second-order valence-electron chi connectivity index (χ2n) is 1.90. The molecule has 10 heavy (non-hydrogen) atoms. The molecule has 0 spiro atoms. The standard InChI is InChI=1S/C7H7BrFN/c8-6-2-4-10-7(5-6)1-3-9/h2,4-5H,1,3H2. The number of aryl methyl sites for hydroxylation is 1. The fraction of sp³-hybridized carbons (Fsp3) is 0.286. The zero-order chi connectivity index (χ0) is 7.40. The first-order valence-electron chi connectivity index (χ1n) is 2.99. The molecule has 54 valence electrons. The fourth-order valence-corrected chi connectivity index (χ4v) is 1.06. The van der Waals surface area contributed by atoms with Gasteiger partial charge < -0.3 is 0 Å². The smallest absolute Gasteiger partial charge is 0.0949 e. The van der Waals surface area contributed by atoms with E-state index < -0.39 is 0 Å². The van der Waals surface area contributed by atoms with Crippen LogP contribution in [0.2, 0.25) is 0 Å². The summed E-state index contributed by atoms with van der Waals surface area (Å²) >= 11 is 3.27. The molecule has 0 unspecified atom stereocenters. The summed E-state index contributed by atoms with van der Waals surface area (Å²) in [5.41, 5.74) is 0.789. The predicted octanol–water partition coefficient (Wildman–Crippen LogP) is 2.36. The van der Waals surface area contributed by atoms with Crippen LogP contribution in [-0.2, 0) is 6.42 Å². The van der Waals surface area contributed by atoms with Crippen LogP contribution >= 0.6 is 15.9 Å². The number of pyridine rings is 1. The highest BCUT2D eigenvalue weighted by molar-refractivity contribution is 9.10. The van der Waals surface area contributed by atoms with Crippen LogP contribution in [0.4, 0.5) is 4.39 Å². The quantitative estimate of drug-likeness (QED) is 0.720. The lowest BCUT2D eigenvalue weighted by Crippen LogP contribution is -1.89. The molecule has 0 saturated heterocycles. The maximum Gasteiger partial charge on any atom is 0.0949 e. The molecule has 1 heterocycles. The monoisotopic (exact) mass is 203 g/mol. The first-order valence-corrected chi connectivity index (χ1v) is 3.78. The van der Waals surface area contributed by atoms with Crippen LogP contribution in [0.3, 0.4) is 0 Å². The fourth-order valence-electron chi connectivity index (χ4n) is 0.682. The van der Waals surface area contributed by atoms with Crippen molar-refractivity contribution >= 4 is 15.9 Å². The second kappa shape index (κ2) is 3.66. The van der Waals surface area contributed by atoms with Crippen molar-refractivity contribution in [2.75, 3.05) is 6.67 Å². The zero-order valence-corrected chi connectivity index (χ0v) is 6.94. The van der Waals surface area contributed by atoms with Gasteiger partial charge in [0.05, 0.1) is 6.67 Å². The van der Waals surface area contributed by atoms with Crippen molar-refractivity contribution in [2.45, 2.75) is 6.42 Å². The number of nitrogens with zero attached hydrogens (tertiary/aromatic N) is 1. The molecular formula is C7H7BrFN. The van der Waals surface area contributed by atoms with Crippen LogP contribution in [0.15, 0.2) is 22.8 Å². The molecule has 0 radical (unpaired) electrons. The van der Waals surface area contributed by atoms with Gasteiger partial charge in [0.25, 0.3) is 0 Å². The number of halogens is 2. The van der Waals surface area contributed by atoms with Crippen LogP contribution in [0.1, 0.15) is 5.69 Å². The molecule has 3 heteroatoms. The van der Waals surface area contributed by atoms with Gasteiger partial charge in [-0.2, -0.15) is 0 Å². The Bertz CT molecular complexity index is 215. The Kier molecular flexibility index (Phi) is 2.81. The lowest BCUT2D eigenvalue weighted by molar-refractivity contribution is 0.492. The van der Waals surface area contributed by atoms with E-state index in [-0.39, 0.29) is 6.67 Å². The number of hydrogen-bond acceptors (Lipinski definition) is 1. The SMILES string of the molecule is FCCc1cc(Br)ccn1. The van der Waals surface area contributed by atoms with Crippen molar-refractivity contribution < 1.29 is 4.39 Å². The van der Waals surface area contributed by atoms with Gasteiger partial charge in [0, 0.05) is 22.8 Å². The minimum Gasteiger partial charge on any atom is -0.261 e. The third-order valence-corrected chi connectivity index (χ3v) is 1.62. The third kappa shape index (κ3) is 2.06. The maximum atomic E-state index is 11.8. The summed E-state index contributed by atoms with van der Waals surface area (Å²) < 4.78 is 12.7. The highest BCUT2D eigenvalue weighted by Gasteiger charge is 1.93. The van der Waals surface area contributed by atoms with E-state index in [0.29, 0.717) is 6.42 Å². The Hall–Kier alpha value is -0.440. The van der Waals surface area contributed by atoms with Gasteiger partial charge in [-0.15, -0.1) is 0 Å². The number of alkyl halides is 1. The summed E-state index contributed by atoms with van der Waals surface area (Å²) in [7, 11) is 0. The van der Waals surface area contributed by atoms with Crippen molar-refractivity contribution in [2.24, 2.45) is 0 Å². The molecule has 0 amide bonds. The number of hydrogen-bond donors (Lipinski definition) is 0. The average molecular weight is 204 g/mol. The molecule has 0 N–H and O–H groups in total. The lowest BCUT2D eigenvalue weighted by Gasteiger charge is -1.94. The normalized spacial score (nSPS) is 9.80. The van der Waals surface area contributed by atoms with Gasteiger partial charge in [0.1, 0.15) is 0 Å². The Morgan fingerprint density at radius 1 is 1.60 bits per heavy atom. The minimum absolute atomic E-state index is 0.344. The van der Waals surface area contributed by atoms with E-state index in [1.165, 1.54) is 0 Å². The summed E-state index contributed by atoms with van der Waals surface area (Å²) in [6.45, 7) is -0.344. The molecule has 0 aliphatic carbocycles. The molecule has 0 aliphatic rings. The average Bonchev–Trinajstić information content (AvgIpc) is 1.88. The first-order chi connectivity index (χ1) is 4.83. The van der Waals surface area contributed by atoms with Gasteiger partial charge in [-0.05, 0) is 12.1 Å². The maximum absolute atomic E-state index is 11.8. The zero-order valence-electron chi connectivity index (χ0n) is 5.35. The molecule has 1 aromatic rings. The topological polar surface area (TPSA) is 12.9 Å². The third-order valence-electron chi connectivity index (χ3n) is 1.13. The number of aromatic nitrogens is 1. The van der Waals surface area contributed by atoms with Gasteiger partial charge in [-0.1, -0.05) is 15.9 Å². The molecule has 0 bridgehead atoms. The highest BCUT2D eigenvalue weighted by atomic mass is 79.9. The van der Waals surface area contributed by atoms with Crippen molar-refractivity contribution in [1.29, 1.82) is 0 Å². The van der Waals surface area contributed by atoms with Gasteiger partial charge in [-0.25, -0.2) is 0 Å². The summed E-state index contributed by atoms with van der Waals surface area (Å²) in [4.78, 5) is 3.96. The number of rotatable bonds is 2. The van der Waals surface area contributed by atoms with Gasteiger partial charge in [0.2, 0.25) is 0 Å². The van der Waals surface area contributed by atoms with E-state index in [9.17, 15) is 4.39 Å². The predicted molar refractivity (Wildman–Crippen MR) is 41.6 cm³/mol. The Morgan fingerprint density at radius 2 is 2.40 bits per heavy atom. The molecule has 0 fully saturated rings. The first kappa shape index (κ1) is 7.66. The van der Waals surface area contributed by atoms with Crippen molar-refractivity contribution in [3.05, 3.63) is 28.5 Å². The highest BCUT2D eigenvalue weighted by Crippen LogP contribution is 2.09. The van der Waals surface area contributed by atoms with Crippen LogP contribution in [-0.4, -0.2) is 11.7 Å². The van der Waals surface area contributed by atoms with Crippen molar-refractivity contribution in [1.82, 2.24) is 4.98 Å². The Balaban J connectivity index is 2.75. The molecule has 1 nitrogen and oxygen atoms in total. The lowest BCUT2D eigenvalue weighted by atomic mass is 10.3. The molecule has 1 aromatic heterocycles. The van der Waals surface area contributed by atoms with Crippen LogP contribution in [0, 0.1) is 0 Å². The Morgan fingerprint density at radius 3 is 3.00 bits per heavy atom. The Labute approximate surface area is 67.4 Å². The summed E-state index contributed by atoms with van der Waals surface area (Å²) in [5, 5.41) is 0. The van der Waals surface area contributed by atoms with Gasteiger partial charge >= 0.3 is 0 Å². The second-order valence-corrected chi connectivity index (χ2v) is 2.82. The molecular weight excluding hydrogens is 197 g/mol. The summed E-state index contributed by atoms with van der Waals surface area (Å²) in [6, 6.07) is 3.64. The van der Waals surface area contributed by atoms with E-state index in [1.54, 1.807) is 6.20 Å².